The number of fused-ring (bicyclic) bond motifs is 5. The summed E-state index contributed by atoms with van der Waals surface area (Å²) in [5.74, 6) is 1.42. The van der Waals surface area contributed by atoms with E-state index in [0.717, 1.165) is 97.3 Å². The zero-order chi connectivity index (χ0) is 43.1. The van der Waals surface area contributed by atoms with Gasteiger partial charge in [0.1, 0.15) is 5.82 Å². The number of nitrogens with zero attached hydrogens (tertiary/aromatic N) is 5. The van der Waals surface area contributed by atoms with Crippen molar-refractivity contribution in [3.8, 4) is 45.3 Å². The van der Waals surface area contributed by atoms with Gasteiger partial charge in [-0.2, -0.15) is 0 Å². The van der Waals surface area contributed by atoms with Crippen LogP contribution in [0.4, 0.5) is 11.4 Å². The number of hydrogen-bond acceptors (Lipinski definition) is 3. The third-order valence-electron chi connectivity index (χ3n) is 12.3. The van der Waals surface area contributed by atoms with Crippen molar-refractivity contribution in [2.24, 2.45) is 5.92 Å². The highest BCUT2D eigenvalue weighted by Gasteiger charge is 2.20. The maximum Gasteiger partial charge on any atom is 0.145 e. The second kappa shape index (κ2) is 16.4. The Morgan fingerprint density at radius 2 is 1.25 bits per heavy atom. The highest BCUT2D eigenvalue weighted by atomic mass is 15.1. The number of hydrogen-bond donors (Lipinski definition) is 0. The molecule has 0 unspecified atom stereocenters. The van der Waals surface area contributed by atoms with Gasteiger partial charge in [-0.25, -0.2) is 9.97 Å². The van der Waals surface area contributed by atoms with Crippen molar-refractivity contribution in [3.63, 3.8) is 0 Å². The summed E-state index contributed by atoms with van der Waals surface area (Å²) in [5, 5.41) is 2.47. The third kappa shape index (κ3) is 7.11. The van der Waals surface area contributed by atoms with Crippen LogP contribution in [-0.2, 0) is 6.42 Å². The van der Waals surface area contributed by atoms with Crippen LogP contribution >= 0.6 is 0 Å². The van der Waals surface area contributed by atoms with Crippen molar-refractivity contribution in [2.75, 3.05) is 11.4 Å². The summed E-state index contributed by atoms with van der Waals surface area (Å²) in [6.07, 6.45) is 9.43. The van der Waals surface area contributed by atoms with Crippen molar-refractivity contribution in [2.45, 2.75) is 20.3 Å². The zero-order valence-corrected chi connectivity index (χ0v) is 36.1. The highest BCUT2D eigenvalue weighted by molar-refractivity contribution is 6.09. The molecule has 0 aliphatic carbocycles. The topological polar surface area (TPSA) is 38.9 Å². The monoisotopic (exact) mass is 825 g/mol. The molecule has 5 heteroatoms. The van der Waals surface area contributed by atoms with Crippen LogP contribution in [0.25, 0.3) is 83.7 Å². The SMILES string of the molecule is C=C1/C=C\C=C/CN(c2ccc(-c3cccc(-c4cc(-c5nc6ccccc6n5-c5ccccc5)cc(-n5c6ccccc6c6ccc(CC(C)C)cc65)c4)n3)cc2)c2ccccc21. The van der Waals surface area contributed by atoms with E-state index in [-0.39, 0.29) is 0 Å². The van der Waals surface area contributed by atoms with Crippen LogP contribution < -0.4 is 4.90 Å². The second-order valence-electron chi connectivity index (χ2n) is 17.1. The maximum atomic E-state index is 5.41. The van der Waals surface area contributed by atoms with Crippen molar-refractivity contribution in [1.82, 2.24) is 19.1 Å². The number of rotatable bonds is 8. The van der Waals surface area contributed by atoms with Gasteiger partial charge in [-0.3, -0.25) is 4.57 Å². The van der Waals surface area contributed by atoms with Gasteiger partial charge >= 0.3 is 0 Å². The Labute approximate surface area is 374 Å². The van der Waals surface area contributed by atoms with E-state index in [1.165, 1.54) is 21.9 Å². The molecule has 0 spiro atoms. The molecule has 0 fully saturated rings. The molecule has 1 aliphatic heterocycles. The molecule has 308 valence electrons. The molecule has 0 amide bonds. The molecule has 0 atom stereocenters. The van der Waals surface area contributed by atoms with Gasteiger partial charge in [0.2, 0.25) is 0 Å². The van der Waals surface area contributed by atoms with Gasteiger partial charge in [-0.05, 0) is 108 Å². The molecule has 7 aromatic carbocycles. The number of benzene rings is 7. The van der Waals surface area contributed by atoms with Gasteiger partial charge in [0.25, 0.3) is 0 Å². The lowest BCUT2D eigenvalue weighted by molar-refractivity contribution is 0.647. The van der Waals surface area contributed by atoms with Gasteiger partial charge in [-0.1, -0.05) is 142 Å². The van der Waals surface area contributed by atoms with Crippen molar-refractivity contribution < 1.29 is 0 Å². The number of para-hydroxylation sites is 5. The summed E-state index contributed by atoms with van der Waals surface area (Å²) in [6, 6.07) is 65.2. The molecule has 0 saturated heterocycles. The molecule has 5 nitrogen and oxygen atoms in total. The van der Waals surface area contributed by atoms with Crippen LogP contribution in [0.15, 0.2) is 213 Å². The van der Waals surface area contributed by atoms with Gasteiger partial charge in [0.15, 0.2) is 0 Å². The summed E-state index contributed by atoms with van der Waals surface area (Å²) >= 11 is 0. The fraction of sp³-hybridized carbons (Fsp3) is 0.0847. The van der Waals surface area contributed by atoms with E-state index in [9.17, 15) is 0 Å². The molecule has 11 rings (SSSR count). The zero-order valence-electron chi connectivity index (χ0n) is 36.1. The molecule has 0 N–H and O–H groups in total. The minimum atomic E-state index is 0.543. The second-order valence-corrected chi connectivity index (χ2v) is 17.1. The van der Waals surface area contributed by atoms with E-state index >= 15 is 0 Å². The van der Waals surface area contributed by atoms with E-state index in [4.69, 9.17) is 9.97 Å². The molecular weight excluding hydrogens is 779 g/mol. The Morgan fingerprint density at radius 3 is 2.09 bits per heavy atom. The predicted molar refractivity (Wildman–Crippen MR) is 269 cm³/mol. The summed E-state index contributed by atoms with van der Waals surface area (Å²) in [7, 11) is 0. The Balaban J connectivity index is 1.08. The van der Waals surface area contributed by atoms with E-state index in [1.54, 1.807) is 0 Å². The lowest BCUT2D eigenvalue weighted by Gasteiger charge is -2.26. The highest BCUT2D eigenvalue weighted by Crippen LogP contribution is 2.39. The van der Waals surface area contributed by atoms with Crippen LogP contribution in [0, 0.1) is 5.92 Å². The van der Waals surface area contributed by atoms with Crippen LogP contribution in [0.2, 0.25) is 0 Å². The van der Waals surface area contributed by atoms with Crippen molar-refractivity contribution >= 4 is 49.8 Å². The minimum Gasteiger partial charge on any atom is -0.337 e. The van der Waals surface area contributed by atoms with E-state index in [0.29, 0.717) is 5.92 Å². The average Bonchev–Trinajstić information content (AvgIpc) is 3.91. The van der Waals surface area contributed by atoms with Crippen LogP contribution in [0.5, 0.6) is 0 Å². The largest absolute Gasteiger partial charge is 0.337 e. The number of pyridine rings is 1. The summed E-state index contributed by atoms with van der Waals surface area (Å²) in [5.41, 5.74) is 17.0. The number of allylic oxidation sites excluding steroid dienone is 4. The predicted octanol–water partition coefficient (Wildman–Crippen LogP) is 15.0. The Hall–Kier alpha value is -8.02. The standard InChI is InChI=1S/C59H47N5/c1-40(2)35-42-28-33-51-50-21-10-13-26-56(50)63(58(51)36-42)48-38-44(37-45(39-48)59-61-54-22-11-14-27-57(54)64(59)47-18-7-4-8-19-47)53-24-16-23-52(60-53)43-29-31-46(32-30-43)62-34-15-5-6-17-41(3)49-20-9-12-25-55(49)62/h4-33,36-40H,3,34-35H2,1-2H3/b15-5-,17-6-. The third-order valence-corrected chi connectivity index (χ3v) is 12.3. The Morgan fingerprint density at radius 1 is 0.531 bits per heavy atom. The Kier molecular flexibility index (Phi) is 9.93. The van der Waals surface area contributed by atoms with Gasteiger partial charge < -0.3 is 9.47 Å². The van der Waals surface area contributed by atoms with Gasteiger partial charge in [0, 0.05) is 62.3 Å². The first-order valence-electron chi connectivity index (χ1n) is 22.1. The van der Waals surface area contributed by atoms with E-state index < -0.39 is 0 Å². The maximum absolute atomic E-state index is 5.41. The lowest BCUT2D eigenvalue weighted by Crippen LogP contribution is -2.18. The molecule has 10 aromatic rings. The normalized spacial score (nSPS) is 13.9. The smallest absolute Gasteiger partial charge is 0.145 e. The average molecular weight is 826 g/mol. The minimum absolute atomic E-state index is 0.543. The van der Waals surface area contributed by atoms with Crippen molar-refractivity contribution in [1.29, 1.82) is 0 Å². The summed E-state index contributed by atoms with van der Waals surface area (Å²) in [6.45, 7) is 9.67. The number of aromatic nitrogens is 4. The van der Waals surface area contributed by atoms with Crippen LogP contribution in [0.1, 0.15) is 25.0 Å². The van der Waals surface area contributed by atoms with Crippen LogP contribution in [-0.4, -0.2) is 25.6 Å². The van der Waals surface area contributed by atoms with Crippen LogP contribution in [0.3, 0.4) is 0 Å². The molecule has 64 heavy (non-hydrogen) atoms. The number of anilines is 2. The van der Waals surface area contributed by atoms with E-state index in [1.807, 2.05) is 0 Å². The first-order chi connectivity index (χ1) is 31.5. The molecule has 4 heterocycles. The molecule has 3 aromatic heterocycles. The fourth-order valence-electron chi connectivity index (χ4n) is 9.37. The molecular formula is C59H47N5. The number of imidazole rings is 1. The first-order valence-corrected chi connectivity index (χ1v) is 22.1. The van der Waals surface area contributed by atoms with Gasteiger partial charge in [0.05, 0.1) is 33.5 Å². The molecule has 0 radical (unpaired) electrons. The van der Waals surface area contributed by atoms with E-state index in [2.05, 4.69) is 241 Å². The summed E-state index contributed by atoms with van der Waals surface area (Å²) < 4.78 is 4.72. The Bertz CT molecular complexity index is 3440. The quantitative estimate of drug-likeness (QED) is 0.153. The van der Waals surface area contributed by atoms with Crippen molar-refractivity contribution in [3.05, 3.63) is 224 Å². The first kappa shape index (κ1) is 38.9. The summed E-state index contributed by atoms with van der Waals surface area (Å²) in [4.78, 5) is 13.1. The van der Waals surface area contributed by atoms with Gasteiger partial charge in [-0.15, -0.1) is 0 Å². The molecule has 0 bridgehead atoms. The lowest BCUT2D eigenvalue weighted by atomic mass is 10.0. The fourth-order valence-corrected chi connectivity index (χ4v) is 9.37. The molecule has 0 saturated carbocycles. The molecule has 1 aliphatic rings.